The maximum atomic E-state index is 12.4. The van der Waals surface area contributed by atoms with E-state index in [0.717, 1.165) is 16.9 Å². The summed E-state index contributed by atoms with van der Waals surface area (Å²) in [6.45, 7) is 3.09. The van der Waals surface area contributed by atoms with Crippen LogP contribution in [0.4, 0.5) is 13.2 Å². The number of hydrogen-bond donors (Lipinski definition) is 1. The molecular weight excluding hydrogens is 335 g/mol. The molecule has 0 aliphatic heterocycles. The van der Waals surface area contributed by atoms with E-state index < -0.39 is 21.9 Å². The third-order valence-electron chi connectivity index (χ3n) is 3.28. The zero-order valence-corrected chi connectivity index (χ0v) is 13.5. The molecule has 0 aliphatic carbocycles. The van der Waals surface area contributed by atoms with Gasteiger partial charge in [-0.3, -0.25) is 9.36 Å². The molecule has 128 valence electrons. The molecule has 0 aromatic carbocycles. The van der Waals surface area contributed by atoms with Crippen molar-refractivity contribution >= 4 is 10.0 Å². The summed E-state index contributed by atoms with van der Waals surface area (Å²) in [5, 5.41) is 7.38. The Morgan fingerprint density at radius 1 is 1.26 bits per heavy atom. The van der Waals surface area contributed by atoms with Gasteiger partial charge in [-0.1, -0.05) is 0 Å². The second-order valence-electron chi connectivity index (χ2n) is 4.98. The van der Waals surface area contributed by atoms with Crippen molar-refractivity contribution in [3.05, 3.63) is 29.3 Å². The summed E-state index contributed by atoms with van der Waals surface area (Å²) in [5.41, 5.74) is -0.177. The van der Waals surface area contributed by atoms with Crippen LogP contribution in [-0.4, -0.2) is 34.5 Å². The molecule has 0 unspecified atom stereocenters. The lowest BCUT2D eigenvalue weighted by atomic mass is 10.4. The minimum Gasteiger partial charge on any atom is -0.271 e. The zero-order valence-electron chi connectivity index (χ0n) is 12.7. The number of alkyl halides is 3. The van der Waals surface area contributed by atoms with Gasteiger partial charge in [-0.05, 0) is 19.9 Å². The van der Waals surface area contributed by atoms with Crippen LogP contribution in [0.2, 0.25) is 0 Å². The molecule has 2 heterocycles. The van der Waals surface area contributed by atoms with Crippen LogP contribution in [0.1, 0.15) is 17.1 Å². The molecule has 2 aromatic rings. The number of halogens is 3. The van der Waals surface area contributed by atoms with Crippen LogP contribution in [0.5, 0.6) is 0 Å². The fourth-order valence-corrected chi connectivity index (χ4v) is 3.60. The maximum Gasteiger partial charge on any atom is 0.435 e. The second-order valence-corrected chi connectivity index (χ2v) is 6.69. The van der Waals surface area contributed by atoms with Crippen LogP contribution in [0.15, 0.2) is 17.2 Å². The highest BCUT2D eigenvalue weighted by Gasteiger charge is 2.33. The summed E-state index contributed by atoms with van der Waals surface area (Å²) in [5.74, 6) is 0. The van der Waals surface area contributed by atoms with Gasteiger partial charge in [-0.25, -0.2) is 13.1 Å². The summed E-state index contributed by atoms with van der Waals surface area (Å²) in [6.07, 6.45) is -3.37. The number of aryl methyl sites for hydroxylation is 2. The molecule has 0 amide bonds. The normalized spacial score (nSPS) is 12.8. The highest BCUT2D eigenvalue weighted by molar-refractivity contribution is 7.89. The summed E-state index contributed by atoms with van der Waals surface area (Å²) >= 11 is 0. The standard InChI is InChI=1S/C12H16F3N5O2S/c1-8-11(9(2)19(3)17-8)23(21,22)16-5-7-20-6-4-10(18-20)12(13,14)15/h4,6,16H,5,7H2,1-3H3. The molecule has 0 bridgehead atoms. The number of nitrogens with zero attached hydrogens (tertiary/aromatic N) is 4. The summed E-state index contributed by atoms with van der Waals surface area (Å²) < 4.78 is 66.7. The van der Waals surface area contributed by atoms with Crippen LogP contribution in [0.3, 0.4) is 0 Å². The monoisotopic (exact) mass is 351 g/mol. The molecule has 0 aliphatic rings. The lowest BCUT2D eigenvalue weighted by Gasteiger charge is -2.07. The topological polar surface area (TPSA) is 81.8 Å². The van der Waals surface area contributed by atoms with Crippen LogP contribution in [-0.2, 0) is 29.8 Å². The average Bonchev–Trinajstić information content (AvgIpc) is 2.95. The van der Waals surface area contributed by atoms with Crippen molar-refractivity contribution in [1.82, 2.24) is 24.3 Å². The molecule has 11 heteroatoms. The quantitative estimate of drug-likeness (QED) is 0.878. The van der Waals surface area contributed by atoms with E-state index in [1.165, 1.54) is 4.68 Å². The zero-order chi connectivity index (χ0) is 17.4. The van der Waals surface area contributed by atoms with Gasteiger partial charge in [-0.15, -0.1) is 0 Å². The lowest BCUT2D eigenvalue weighted by molar-refractivity contribution is -0.141. The van der Waals surface area contributed by atoms with Crippen LogP contribution < -0.4 is 4.72 Å². The van der Waals surface area contributed by atoms with E-state index in [2.05, 4.69) is 14.9 Å². The van der Waals surface area contributed by atoms with Gasteiger partial charge in [0.15, 0.2) is 5.69 Å². The van der Waals surface area contributed by atoms with E-state index in [0.29, 0.717) is 11.4 Å². The SMILES string of the molecule is Cc1nn(C)c(C)c1S(=O)(=O)NCCn1ccc(C(F)(F)F)n1. The van der Waals surface area contributed by atoms with Crippen molar-refractivity contribution in [2.24, 2.45) is 7.05 Å². The van der Waals surface area contributed by atoms with Crippen LogP contribution >= 0.6 is 0 Å². The van der Waals surface area contributed by atoms with Crippen molar-refractivity contribution in [3.63, 3.8) is 0 Å². The molecule has 0 radical (unpaired) electrons. The molecule has 7 nitrogen and oxygen atoms in total. The molecule has 0 atom stereocenters. The molecule has 0 saturated carbocycles. The van der Waals surface area contributed by atoms with Gasteiger partial charge in [0.1, 0.15) is 4.90 Å². The first-order chi connectivity index (χ1) is 10.5. The first-order valence-corrected chi connectivity index (χ1v) is 8.11. The number of hydrogen-bond acceptors (Lipinski definition) is 4. The van der Waals surface area contributed by atoms with Crippen molar-refractivity contribution in [2.75, 3.05) is 6.54 Å². The number of aromatic nitrogens is 4. The van der Waals surface area contributed by atoms with E-state index in [1.807, 2.05) is 0 Å². The minimum atomic E-state index is -4.52. The Hall–Kier alpha value is -1.88. The maximum absolute atomic E-state index is 12.4. The third kappa shape index (κ3) is 3.72. The molecule has 2 aromatic heterocycles. The Morgan fingerprint density at radius 2 is 1.91 bits per heavy atom. The Bertz CT molecular complexity index is 807. The predicted molar refractivity (Wildman–Crippen MR) is 75.1 cm³/mol. The number of rotatable bonds is 5. The molecule has 2 rings (SSSR count). The summed E-state index contributed by atoms with van der Waals surface area (Å²) in [4.78, 5) is 0.0800. The van der Waals surface area contributed by atoms with Gasteiger partial charge < -0.3 is 0 Å². The Morgan fingerprint density at radius 3 is 2.39 bits per heavy atom. The first-order valence-electron chi connectivity index (χ1n) is 6.63. The molecule has 1 N–H and O–H groups in total. The van der Waals surface area contributed by atoms with Crippen LogP contribution in [0, 0.1) is 13.8 Å². The second kappa shape index (κ2) is 5.96. The largest absolute Gasteiger partial charge is 0.435 e. The van der Waals surface area contributed by atoms with Crippen molar-refractivity contribution < 1.29 is 21.6 Å². The Labute approximate surface area is 131 Å². The van der Waals surface area contributed by atoms with Gasteiger partial charge in [0.25, 0.3) is 0 Å². The highest BCUT2D eigenvalue weighted by Crippen LogP contribution is 2.27. The van der Waals surface area contributed by atoms with E-state index in [1.54, 1.807) is 20.9 Å². The molecule has 0 fully saturated rings. The average molecular weight is 351 g/mol. The molecule has 23 heavy (non-hydrogen) atoms. The predicted octanol–water partition coefficient (Wildman–Crippen LogP) is 1.23. The van der Waals surface area contributed by atoms with Crippen LogP contribution in [0.25, 0.3) is 0 Å². The number of sulfonamides is 1. The van der Waals surface area contributed by atoms with Gasteiger partial charge in [0, 0.05) is 19.8 Å². The fraction of sp³-hybridized carbons (Fsp3) is 0.500. The summed E-state index contributed by atoms with van der Waals surface area (Å²) in [6, 6.07) is 0.837. The Balaban J connectivity index is 2.04. The lowest BCUT2D eigenvalue weighted by Crippen LogP contribution is -2.28. The third-order valence-corrected chi connectivity index (χ3v) is 4.99. The van der Waals surface area contributed by atoms with Gasteiger partial charge >= 0.3 is 6.18 Å². The fourth-order valence-electron chi connectivity index (χ4n) is 2.15. The number of nitrogens with one attached hydrogen (secondary N) is 1. The van der Waals surface area contributed by atoms with Crippen molar-refractivity contribution in [2.45, 2.75) is 31.5 Å². The van der Waals surface area contributed by atoms with E-state index in [-0.39, 0.29) is 18.0 Å². The van der Waals surface area contributed by atoms with Gasteiger partial charge in [0.05, 0.1) is 17.9 Å². The highest BCUT2D eigenvalue weighted by atomic mass is 32.2. The molecule has 0 saturated heterocycles. The van der Waals surface area contributed by atoms with Gasteiger partial charge in [-0.2, -0.15) is 23.4 Å². The van der Waals surface area contributed by atoms with Crippen molar-refractivity contribution in [1.29, 1.82) is 0 Å². The van der Waals surface area contributed by atoms with E-state index in [9.17, 15) is 21.6 Å². The first kappa shape index (κ1) is 17.5. The van der Waals surface area contributed by atoms with E-state index >= 15 is 0 Å². The smallest absolute Gasteiger partial charge is 0.271 e. The molecular formula is C12H16F3N5O2S. The van der Waals surface area contributed by atoms with Gasteiger partial charge in [0.2, 0.25) is 10.0 Å². The van der Waals surface area contributed by atoms with E-state index in [4.69, 9.17) is 0 Å². The summed E-state index contributed by atoms with van der Waals surface area (Å²) in [7, 11) is -2.16. The molecule has 0 spiro atoms. The Kier molecular flexibility index (Phi) is 4.53. The van der Waals surface area contributed by atoms with Crippen molar-refractivity contribution in [3.8, 4) is 0 Å². The minimum absolute atomic E-state index is 0.0202.